The molecule has 19 heavy (non-hydrogen) atoms. The van der Waals surface area contributed by atoms with Gasteiger partial charge in [0.25, 0.3) is 5.91 Å². The van der Waals surface area contributed by atoms with Crippen LogP contribution < -0.4 is 5.32 Å². The molecule has 1 amide bonds. The first kappa shape index (κ1) is 14.4. The predicted octanol–water partition coefficient (Wildman–Crippen LogP) is 1.70. The van der Waals surface area contributed by atoms with Gasteiger partial charge in [-0.05, 0) is 37.3 Å². The number of piperidine rings is 1. The van der Waals surface area contributed by atoms with Crippen LogP contribution in [0.25, 0.3) is 0 Å². The highest BCUT2D eigenvalue weighted by Gasteiger charge is 2.22. The van der Waals surface area contributed by atoms with Gasteiger partial charge in [-0.15, -0.1) is 5.10 Å². The van der Waals surface area contributed by atoms with Crippen LogP contribution >= 0.6 is 11.5 Å². The van der Waals surface area contributed by atoms with E-state index in [2.05, 4.69) is 21.8 Å². The lowest BCUT2D eigenvalue weighted by Crippen LogP contribution is -2.44. The van der Waals surface area contributed by atoms with Gasteiger partial charge in [0.1, 0.15) is 4.88 Å². The van der Waals surface area contributed by atoms with E-state index in [4.69, 9.17) is 0 Å². The van der Waals surface area contributed by atoms with Crippen molar-refractivity contribution in [2.24, 2.45) is 0 Å². The molecule has 1 aromatic heterocycles. The second-order valence-electron chi connectivity index (χ2n) is 5.13. The monoisotopic (exact) mass is 282 g/mol. The predicted molar refractivity (Wildman–Crippen MR) is 76.5 cm³/mol. The Balaban J connectivity index is 1.95. The highest BCUT2D eigenvalue weighted by atomic mass is 32.1. The molecule has 0 aromatic carbocycles. The fourth-order valence-corrected chi connectivity index (χ4v) is 3.14. The molecule has 0 spiro atoms. The number of carbonyl (C=O) groups excluding carboxylic acids is 1. The van der Waals surface area contributed by atoms with E-state index in [-0.39, 0.29) is 5.91 Å². The van der Waals surface area contributed by atoms with Gasteiger partial charge in [0.2, 0.25) is 0 Å². The van der Waals surface area contributed by atoms with E-state index in [0.29, 0.717) is 10.9 Å². The Morgan fingerprint density at radius 2 is 2.37 bits per heavy atom. The van der Waals surface area contributed by atoms with Gasteiger partial charge in [-0.25, -0.2) is 0 Å². The van der Waals surface area contributed by atoms with Gasteiger partial charge < -0.3 is 10.2 Å². The van der Waals surface area contributed by atoms with Crippen LogP contribution in [0.1, 0.15) is 48.0 Å². The number of nitrogens with one attached hydrogen (secondary N) is 1. The van der Waals surface area contributed by atoms with Crippen LogP contribution in [0.15, 0.2) is 0 Å². The van der Waals surface area contributed by atoms with Gasteiger partial charge in [-0.2, -0.15) is 0 Å². The summed E-state index contributed by atoms with van der Waals surface area (Å²) in [5.74, 6) is 0.0609. The lowest BCUT2D eigenvalue weighted by atomic mass is 10.0. The summed E-state index contributed by atoms with van der Waals surface area (Å²) in [6.07, 6.45) is 5.46. The zero-order valence-electron chi connectivity index (χ0n) is 11.7. The van der Waals surface area contributed by atoms with Gasteiger partial charge in [-0.1, -0.05) is 24.3 Å². The number of aryl methyl sites for hydroxylation is 1. The first-order chi connectivity index (χ1) is 9.22. The summed E-state index contributed by atoms with van der Waals surface area (Å²) in [6, 6.07) is 0.429. The van der Waals surface area contributed by atoms with E-state index in [9.17, 15) is 4.79 Å². The molecule has 0 radical (unpaired) electrons. The van der Waals surface area contributed by atoms with E-state index < -0.39 is 0 Å². The van der Waals surface area contributed by atoms with Crippen molar-refractivity contribution >= 4 is 17.4 Å². The largest absolute Gasteiger partial charge is 0.339 e. The smallest absolute Gasteiger partial charge is 0.267 e. The van der Waals surface area contributed by atoms with Crippen molar-refractivity contribution in [2.45, 2.75) is 45.1 Å². The van der Waals surface area contributed by atoms with E-state index in [1.165, 1.54) is 24.4 Å². The number of nitrogens with zero attached hydrogens (tertiary/aromatic N) is 3. The van der Waals surface area contributed by atoms with E-state index in [1.54, 1.807) is 4.90 Å². The molecular formula is C13H22N4OS. The number of hydrogen-bond donors (Lipinski definition) is 1. The molecule has 1 saturated heterocycles. The van der Waals surface area contributed by atoms with Gasteiger partial charge in [0, 0.05) is 19.6 Å². The molecule has 0 aliphatic carbocycles. The minimum Gasteiger partial charge on any atom is -0.339 e. The summed E-state index contributed by atoms with van der Waals surface area (Å²) in [7, 11) is 1.87. The molecule has 2 rings (SSSR count). The van der Waals surface area contributed by atoms with Gasteiger partial charge in [0.15, 0.2) is 0 Å². The minimum atomic E-state index is 0.0609. The molecule has 0 bridgehead atoms. The lowest BCUT2D eigenvalue weighted by molar-refractivity contribution is 0.0779. The zero-order chi connectivity index (χ0) is 13.7. The SMILES string of the molecule is CCCc1nnsc1C(=O)N(C)CC1CCCCN1. The Kier molecular flexibility index (Phi) is 5.27. The third-order valence-electron chi connectivity index (χ3n) is 3.49. The molecule has 6 heteroatoms. The molecule has 1 aromatic rings. The maximum Gasteiger partial charge on any atom is 0.267 e. The number of hydrogen-bond acceptors (Lipinski definition) is 5. The van der Waals surface area contributed by atoms with Crippen LogP contribution in [-0.2, 0) is 6.42 Å². The van der Waals surface area contributed by atoms with Crippen LogP contribution in [0, 0.1) is 0 Å². The summed E-state index contributed by atoms with van der Waals surface area (Å²) < 4.78 is 3.92. The average Bonchev–Trinajstić information content (AvgIpc) is 2.87. The Labute approximate surface area is 118 Å². The summed E-state index contributed by atoms with van der Waals surface area (Å²) >= 11 is 1.22. The molecule has 2 heterocycles. The molecule has 1 atom stereocenters. The molecule has 1 fully saturated rings. The topological polar surface area (TPSA) is 58.1 Å². The minimum absolute atomic E-state index is 0.0609. The van der Waals surface area contributed by atoms with Gasteiger partial charge in [-0.3, -0.25) is 4.79 Å². The van der Waals surface area contributed by atoms with Crippen molar-refractivity contribution < 1.29 is 4.79 Å². The summed E-state index contributed by atoms with van der Waals surface area (Å²) in [5.41, 5.74) is 0.848. The van der Waals surface area contributed by atoms with E-state index in [1.807, 2.05) is 7.05 Å². The van der Waals surface area contributed by atoms with Gasteiger partial charge >= 0.3 is 0 Å². The molecule has 1 unspecified atom stereocenters. The zero-order valence-corrected chi connectivity index (χ0v) is 12.5. The molecule has 1 aliphatic rings. The molecule has 0 saturated carbocycles. The van der Waals surface area contributed by atoms with Crippen LogP contribution in [0.4, 0.5) is 0 Å². The molecular weight excluding hydrogens is 260 g/mol. The Bertz CT molecular complexity index is 415. The highest BCUT2D eigenvalue weighted by molar-refractivity contribution is 7.07. The van der Waals surface area contributed by atoms with E-state index in [0.717, 1.165) is 38.0 Å². The maximum atomic E-state index is 12.4. The quantitative estimate of drug-likeness (QED) is 0.893. The van der Waals surface area contributed by atoms with Crippen molar-refractivity contribution in [1.82, 2.24) is 19.8 Å². The number of rotatable bonds is 5. The Hall–Kier alpha value is -1.01. The average molecular weight is 282 g/mol. The molecule has 106 valence electrons. The highest BCUT2D eigenvalue weighted by Crippen LogP contribution is 2.16. The van der Waals surface area contributed by atoms with Crippen molar-refractivity contribution in [3.05, 3.63) is 10.6 Å². The third kappa shape index (κ3) is 3.73. The second-order valence-corrected chi connectivity index (χ2v) is 5.89. The van der Waals surface area contributed by atoms with Crippen molar-refractivity contribution in [1.29, 1.82) is 0 Å². The second kappa shape index (κ2) is 6.96. The van der Waals surface area contributed by atoms with Crippen LogP contribution in [-0.4, -0.2) is 46.6 Å². The Morgan fingerprint density at radius 1 is 1.53 bits per heavy atom. The number of amides is 1. The molecule has 1 N–H and O–H groups in total. The van der Waals surface area contributed by atoms with Gasteiger partial charge in [0.05, 0.1) is 5.69 Å². The van der Waals surface area contributed by atoms with Crippen molar-refractivity contribution in [3.8, 4) is 0 Å². The number of aromatic nitrogens is 2. The van der Waals surface area contributed by atoms with Crippen molar-refractivity contribution in [2.75, 3.05) is 20.1 Å². The van der Waals surface area contributed by atoms with Crippen LogP contribution in [0.5, 0.6) is 0 Å². The summed E-state index contributed by atoms with van der Waals surface area (Å²) in [4.78, 5) is 14.9. The standard InChI is InChI=1S/C13H22N4OS/c1-3-6-11-12(19-16-15-11)13(18)17(2)9-10-7-4-5-8-14-10/h10,14H,3-9H2,1-2H3. The normalized spacial score (nSPS) is 19.4. The summed E-state index contributed by atoms with van der Waals surface area (Å²) in [6.45, 7) is 3.92. The van der Waals surface area contributed by atoms with E-state index >= 15 is 0 Å². The fourth-order valence-electron chi connectivity index (χ4n) is 2.44. The van der Waals surface area contributed by atoms with Crippen molar-refractivity contribution in [3.63, 3.8) is 0 Å². The maximum absolute atomic E-state index is 12.4. The third-order valence-corrected chi connectivity index (χ3v) is 4.25. The lowest BCUT2D eigenvalue weighted by Gasteiger charge is -2.28. The fraction of sp³-hybridized carbons (Fsp3) is 0.769. The van der Waals surface area contributed by atoms with Crippen LogP contribution in [0.2, 0.25) is 0 Å². The Morgan fingerprint density at radius 3 is 3.05 bits per heavy atom. The first-order valence-electron chi connectivity index (χ1n) is 7.02. The molecule has 5 nitrogen and oxygen atoms in total. The summed E-state index contributed by atoms with van der Waals surface area (Å²) in [5, 5.41) is 7.53. The van der Waals surface area contributed by atoms with Crippen LogP contribution in [0.3, 0.4) is 0 Å². The number of likely N-dealkylation sites (N-methyl/N-ethyl adjacent to an activating group) is 1. The first-order valence-corrected chi connectivity index (χ1v) is 7.79. The number of carbonyl (C=O) groups is 1. The molecule has 1 aliphatic heterocycles.